The number of hydrogen-bond acceptors (Lipinski definition) is 3. The third-order valence-electron chi connectivity index (χ3n) is 3.65. The monoisotopic (exact) mass is 394 g/mol. The van der Waals surface area contributed by atoms with Crippen LogP contribution in [0.15, 0.2) is 83.5 Å². The van der Waals surface area contributed by atoms with Gasteiger partial charge in [0.05, 0.1) is 6.54 Å². The van der Waals surface area contributed by atoms with Crippen LogP contribution in [0.5, 0.6) is 0 Å². The topological polar surface area (TPSA) is 50.3 Å². The lowest BCUT2D eigenvalue weighted by molar-refractivity contribution is 0.0600. The Hall–Kier alpha value is -2.79. The summed E-state index contributed by atoms with van der Waals surface area (Å²) in [5.41, 5.74) is 1.56. The molecule has 0 aliphatic carbocycles. The molecule has 0 radical (unpaired) electrons. The Labute approximate surface area is 154 Å². The van der Waals surface area contributed by atoms with Gasteiger partial charge in [-0.2, -0.15) is 0 Å². The van der Waals surface area contributed by atoms with E-state index in [0.29, 0.717) is 5.56 Å². The first kappa shape index (κ1) is 17.0. The maximum atomic E-state index is 12.9. The van der Waals surface area contributed by atoms with Gasteiger partial charge in [-0.05, 0) is 42.0 Å². The molecule has 1 aromatic heterocycles. The lowest BCUT2D eigenvalue weighted by Gasteiger charge is -2.21. The highest BCUT2D eigenvalue weighted by atomic mass is 79.9. The van der Waals surface area contributed by atoms with Crippen LogP contribution in [0.4, 0.5) is 0 Å². The van der Waals surface area contributed by atoms with Gasteiger partial charge in [0.2, 0.25) is 0 Å². The fraction of sp³-hybridized carbons (Fsp3) is 0.0500. The van der Waals surface area contributed by atoms with Gasteiger partial charge in [-0.1, -0.05) is 52.3 Å². The Balaban J connectivity index is 1.95. The maximum Gasteiger partial charge on any atom is 0.279 e. The number of carbonyl (C=O) groups excluding carboxylic acids is 2. The number of carbonyl (C=O) groups is 2. The Morgan fingerprint density at radius 1 is 0.840 bits per heavy atom. The maximum absolute atomic E-state index is 12.9. The normalized spacial score (nSPS) is 10.3. The van der Waals surface area contributed by atoms with Gasteiger partial charge >= 0.3 is 0 Å². The molecule has 124 valence electrons. The second-order valence-corrected chi connectivity index (χ2v) is 6.32. The minimum atomic E-state index is -0.419. The molecule has 0 atom stereocenters. The summed E-state index contributed by atoms with van der Waals surface area (Å²) in [6.07, 6.45) is 1.54. The summed E-state index contributed by atoms with van der Waals surface area (Å²) < 4.78 is 0.870. The fourth-order valence-electron chi connectivity index (χ4n) is 2.38. The van der Waals surface area contributed by atoms with Crippen LogP contribution in [0, 0.1) is 0 Å². The Kier molecular flexibility index (Phi) is 5.36. The average molecular weight is 395 g/mol. The summed E-state index contributed by atoms with van der Waals surface area (Å²) >= 11 is 3.35. The molecule has 4 nitrogen and oxygen atoms in total. The van der Waals surface area contributed by atoms with Gasteiger partial charge in [0.25, 0.3) is 11.8 Å². The Morgan fingerprint density at radius 2 is 1.52 bits per heavy atom. The first-order valence-corrected chi connectivity index (χ1v) is 8.51. The molecule has 0 aliphatic rings. The number of halogens is 1. The van der Waals surface area contributed by atoms with Crippen LogP contribution in [0.3, 0.4) is 0 Å². The highest BCUT2D eigenvalue weighted by Crippen LogP contribution is 2.16. The van der Waals surface area contributed by atoms with Gasteiger partial charge in [0.1, 0.15) is 5.69 Å². The third kappa shape index (κ3) is 4.19. The van der Waals surface area contributed by atoms with E-state index >= 15 is 0 Å². The minimum Gasteiger partial charge on any atom is -0.269 e. The van der Waals surface area contributed by atoms with Gasteiger partial charge in [0, 0.05) is 16.2 Å². The first-order chi connectivity index (χ1) is 12.1. The second-order valence-electron chi connectivity index (χ2n) is 5.40. The van der Waals surface area contributed by atoms with Crippen LogP contribution in [0.25, 0.3) is 0 Å². The predicted octanol–water partition coefficient (Wildman–Crippen LogP) is 4.33. The van der Waals surface area contributed by atoms with Crippen LogP contribution in [-0.4, -0.2) is 21.7 Å². The number of pyridine rings is 1. The van der Waals surface area contributed by atoms with E-state index in [1.165, 1.54) is 11.1 Å². The van der Waals surface area contributed by atoms with E-state index in [-0.39, 0.29) is 18.1 Å². The SMILES string of the molecule is O=C(c1ccc(Br)cc1)N(Cc1ccccc1)C(=O)c1ccccn1. The van der Waals surface area contributed by atoms with Crippen LogP contribution in [-0.2, 0) is 6.54 Å². The molecule has 0 saturated carbocycles. The molecule has 0 N–H and O–H groups in total. The van der Waals surface area contributed by atoms with Gasteiger partial charge in [-0.3, -0.25) is 19.5 Å². The van der Waals surface area contributed by atoms with Gasteiger partial charge in [-0.25, -0.2) is 0 Å². The van der Waals surface area contributed by atoms with Crippen molar-refractivity contribution in [2.45, 2.75) is 6.54 Å². The average Bonchev–Trinajstić information content (AvgIpc) is 2.67. The predicted molar refractivity (Wildman–Crippen MR) is 99.0 cm³/mol. The summed E-state index contributed by atoms with van der Waals surface area (Å²) in [5, 5.41) is 0. The third-order valence-corrected chi connectivity index (χ3v) is 4.18. The molecule has 1 heterocycles. The number of nitrogens with zero attached hydrogens (tertiary/aromatic N) is 2. The zero-order chi connectivity index (χ0) is 17.6. The molecule has 0 bridgehead atoms. The molecule has 0 unspecified atom stereocenters. The lowest BCUT2D eigenvalue weighted by Crippen LogP contribution is -2.36. The second kappa shape index (κ2) is 7.85. The van der Waals surface area contributed by atoms with E-state index in [1.54, 1.807) is 42.5 Å². The van der Waals surface area contributed by atoms with Gasteiger partial charge < -0.3 is 0 Å². The van der Waals surface area contributed by atoms with Crippen molar-refractivity contribution in [1.82, 2.24) is 9.88 Å². The van der Waals surface area contributed by atoms with Gasteiger partial charge in [0.15, 0.2) is 0 Å². The van der Waals surface area contributed by atoms with Crippen LogP contribution < -0.4 is 0 Å². The molecular weight excluding hydrogens is 380 g/mol. The molecule has 0 saturated heterocycles. The molecule has 2 aromatic carbocycles. The van der Waals surface area contributed by atoms with Crippen molar-refractivity contribution < 1.29 is 9.59 Å². The van der Waals surface area contributed by atoms with E-state index in [4.69, 9.17) is 0 Å². The van der Waals surface area contributed by atoms with E-state index < -0.39 is 5.91 Å². The van der Waals surface area contributed by atoms with Crippen molar-refractivity contribution in [3.8, 4) is 0 Å². The first-order valence-electron chi connectivity index (χ1n) is 7.72. The quantitative estimate of drug-likeness (QED) is 0.618. The van der Waals surface area contributed by atoms with Crippen molar-refractivity contribution >= 4 is 27.7 Å². The number of imide groups is 1. The molecule has 3 rings (SSSR count). The Bertz CT molecular complexity index is 865. The summed E-state index contributed by atoms with van der Waals surface area (Å²) in [4.78, 5) is 31.1. The van der Waals surface area contributed by atoms with E-state index in [1.807, 2.05) is 30.3 Å². The highest BCUT2D eigenvalue weighted by Gasteiger charge is 2.25. The molecule has 25 heavy (non-hydrogen) atoms. The molecule has 3 aromatic rings. The molecule has 0 spiro atoms. The highest BCUT2D eigenvalue weighted by molar-refractivity contribution is 9.10. The number of aromatic nitrogens is 1. The van der Waals surface area contributed by atoms with Gasteiger partial charge in [-0.15, -0.1) is 0 Å². The summed E-state index contributed by atoms with van der Waals surface area (Å²) in [5.74, 6) is -0.774. The molecule has 0 aliphatic heterocycles. The summed E-state index contributed by atoms with van der Waals surface area (Å²) in [6, 6.07) is 21.4. The number of benzene rings is 2. The van der Waals surface area contributed by atoms with Crippen molar-refractivity contribution in [2.75, 3.05) is 0 Å². The van der Waals surface area contributed by atoms with E-state index in [0.717, 1.165) is 10.0 Å². The van der Waals surface area contributed by atoms with Crippen LogP contribution in [0.1, 0.15) is 26.4 Å². The Morgan fingerprint density at radius 3 is 2.16 bits per heavy atom. The number of hydrogen-bond donors (Lipinski definition) is 0. The minimum absolute atomic E-state index is 0.186. The molecule has 0 fully saturated rings. The zero-order valence-corrected chi connectivity index (χ0v) is 14.9. The van der Waals surface area contributed by atoms with E-state index in [9.17, 15) is 9.59 Å². The standard InChI is InChI=1S/C20H15BrN2O2/c21-17-11-9-16(10-12-17)19(24)23(14-15-6-2-1-3-7-15)20(25)18-8-4-5-13-22-18/h1-13H,14H2. The van der Waals surface area contributed by atoms with Crippen molar-refractivity contribution in [3.63, 3.8) is 0 Å². The van der Waals surface area contributed by atoms with Crippen LogP contribution in [0.2, 0.25) is 0 Å². The lowest BCUT2D eigenvalue weighted by atomic mass is 10.1. The largest absolute Gasteiger partial charge is 0.279 e. The summed E-state index contributed by atoms with van der Waals surface area (Å²) in [7, 11) is 0. The van der Waals surface area contributed by atoms with Crippen LogP contribution >= 0.6 is 15.9 Å². The zero-order valence-electron chi connectivity index (χ0n) is 13.3. The number of amides is 2. The van der Waals surface area contributed by atoms with Crippen molar-refractivity contribution in [3.05, 3.63) is 100 Å². The summed E-state index contributed by atoms with van der Waals surface area (Å²) in [6.45, 7) is 0.186. The van der Waals surface area contributed by atoms with Crippen molar-refractivity contribution in [2.24, 2.45) is 0 Å². The molecule has 2 amide bonds. The smallest absolute Gasteiger partial charge is 0.269 e. The fourth-order valence-corrected chi connectivity index (χ4v) is 2.64. The van der Waals surface area contributed by atoms with Crippen molar-refractivity contribution in [1.29, 1.82) is 0 Å². The van der Waals surface area contributed by atoms with E-state index in [2.05, 4.69) is 20.9 Å². The molecular formula is C20H15BrN2O2. The molecule has 5 heteroatoms. The number of rotatable bonds is 4.